The number of amides is 1. The van der Waals surface area contributed by atoms with Crippen molar-refractivity contribution in [1.82, 2.24) is 14.7 Å². The van der Waals surface area contributed by atoms with Crippen molar-refractivity contribution in [2.75, 3.05) is 0 Å². The number of halogens is 2. The Bertz CT molecular complexity index is 1370. The normalized spacial score (nSPS) is 19.2. The summed E-state index contributed by atoms with van der Waals surface area (Å²) in [6.45, 7) is 9.54. The third kappa shape index (κ3) is 6.77. The van der Waals surface area contributed by atoms with Gasteiger partial charge in [-0.05, 0) is 96.4 Å². The molecular weight excluding hydrogens is 556 g/mol. The summed E-state index contributed by atoms with van der Waals surface area (Å²) in [4.78, 5) is 15.1. The van der Waals surface area contributed by atoms with E-state index in [9.17, 15) is 4.79 Å². The minimum atomic E-state index is -3.53. The van der Waals surface area contributed by atoms with Gasteiger partial charge in [0.2, 0.25) is 0 Å². The highest BCUT2D eigenvalue weighted by atomic mass is 32.2. The molecule has 6 nitrogen and oxygen atoms in total. The summed E-state index contributed by atoms with van der Waals surface area (Å²) in [5.41, 5.74) is 2.73. The number of nitrogens with zero attached hydrogens (tertiary/aromatic N) is 3. The summed E-state index contributed by atoms with van der Waals surface area (Å²) in [5.74, 6) is 0.715. The minimum Gasteiger partial charge on any atom is -0.444 e. The highest BCUT2D eigenvalue weighted by Gasteiger charge is 2.43. The quantitative estimate of drug-likeness (QED) is 0.260. The summed E-state index contributed by atoms with van der Waals surface area (Å²) >= 11 is 1.66. The molecule has 0 radical (unpaired) electrons. The number of carbonyl (C=O) groups is 1. The molecule has 9 heteroatoms. The Morgan fingerprint density at radius 1 is 1.02 bits per heavy atom. The molecule has 42 heavy (non-hydrogen) atoms. The summed E-state index contributed by atoms with van der Waals surface area (Å²) in [6.07, 6.45) is 1.07. The Hall–Kier alpha value is -3.07. The average molecular weight is 598 g/mol. The van der Waals surface area contributed by atoms with E-state index in [2.05, 4.69) is 5.10 Å². The van der Waals surface area contributed by atoms with E-state index >= 15 is 8.78 Å². The van der Waals surface area contributed by atoms with Gasteiger partial charge in [0, 0.05) is 23.1 Å². The first kappa shape index (κ1) is 30.4. The van der Waals surface area contributed by atoms with Crippen LogP contribution in [-0.2, 0) is 29.4 Å². The van der Waals surface area contributed by atoms with Crippen LogP contribution in [0.2, 0.25) is 0 Å². The van der Waals surface area contributed by atoms with E-state index in [1.807, 2.05) is 82.0 Å². The Morgan fingerprint density at radius 3 is 2.38 bits per heavy atom. The summed E-state index contributed by atoms with van der Waals surface area (Å²) < 4.78 is 43.6. The lowest BCUT2D eigenvalue weighted by Gasteiger charge is -2.32. The van der Waals surface area contributed by atoms with Crippen LogP contribution in [-0.4, -0.2) is 31.7 Å². The number of thioether (sulfide) groups is 1. The second-order valence-electron chi connectivity index (χ2n) is 12.4. The number of aromatic nitrogens is 2. The second kappa shape index (κ2) is 12.3. The lowest BCUT2D eigenvalue weighted by Crippen LogP contribution is -2.40. The summed E-state index contributed by atoms with van der Waals surface area (Å²) in [7, 11) is 0. The molecule has 226 valence electrons. The molecule has 0 bridgehead atoms. The van der Waals surface area contributed by atoms with Gasteiger partial charge in [0.1, 0.15) is 11.4 Å². The lowest BCUT2D eigenvalue weighted by atomic mass is 9.95. The Kier molecular flexibility index (Phi) is 8.88. The molecule has 1 saturated heterocycles. The van der Waals surface area contributed by atoms with Gasteiger partial charge in [0.05, 0.1) is 11.4 Å². The van der Waals surface area contributed by atoms with Gasteiger partial charge in [-0.1, -0.05) is 42.5 Å². The van der Waals surface area contributed by atoms with E-state index in [1.165, 1.54) is 0 Å². The van der Waals surface area contributed by atoms with E-state index in [-0.39, 0.29) is 35.0 Å². The molecule has 1 amide bonds. The van der Waals surface area contributed by atoms with Crippen molar-refractivity contribution in [3.63, 3.8) is 0 Å². The molecule has 2 unspecified atom stereocenters. The van der Waals surface area contributed by atoms with Crippen LogP contribution < -0.4 is 4.74 Å². The molecule has 2 atom stereocenters. The largest absolute Gasteiger partial charge is 0.446 e. The molecular formula is C33H41F2N3O3S. The number of fused-ring (bicyclic) bond motifs is 1. The number of rotatable bonds is 8. The minimum absolute atomic E-state index is 0.00673. The first-order valence-electron chi connectivity index (χ1n) is 14.9. The van der Waals surface area contributed by atoms with Gasteiger partial charge in [-0.3, -0.25) is 9.58 Å². The number of hydrogen-bond donors (Lipinski definition) is 0. The van der Waals surface area contributed by atoms with Crippen LogP contribution in [0.15, 0.2) is 54.6 Å². The van der Waals surface area contributed by atoms with Crippen LogP contribution >= 0.6 is 11.8 Å². The summed E-state index contributed by atoms with van der Waals surface area (Å²) in [6, 6.07) is 16.8. The molecule has 1 aromatic heterocycles. The number of ether oxygens (including phenoxy) is 2. The average Bonchev–Trinajstić information content (AvgIpc) is 3.55. The van der Waals surface area contributed by atoms with Gasteiger partial charge in [0.15, 0.2) is 5.69 Å². The monoisotopic (exact) mass is 597 g/mol. The van der Waals surface area contributed by atoms with Crippen LogP contribution in [0.5, 0.6) is 5.75 Å². The topological polar surface area (TPSA) is 56.6 Å². The number of carbonyl (C=O) groups excluding carboxylic acids is 1. The van der Waals surface area contributed by atoms with Crippen molar-refractivity contribution >= 4 is 17.9 Å². The third-order valence-electron chi connectivity index (χ3n) is 7.71. The van der Waals surface area contributed by atoms with E-state index in [0.29, 0.717) is 17.7 Å². The zero-order chi connectivity index (χ0) is 30.1. The Morgan fingerprint density at radius 2 is 1.71 bits per heavy atom. The summed E-state index contributed by atoms with van der Waals surface area (Å²) in [5, 5.41) is 4.26. The Balaban J connectivity index is 1.26. The van der Waals surface area contributed by atoms with E-state index in [1.54, 1.807) is 28.6 Å². The van der Waals surface area contributed by atoms with Crippen molar-refractivity contribution in [3.05, 3.63) is 82.7 Å². The first-order chi connectivity index (χ1) is 19.9. The zero-order valence-corrected chi connectivity index (χ0v) is 25.9. The molecule has 1 aliphatic carbocycles. The van der Waals surface area contributed by atoms with Gasteiger partial charge in [-0.25, -0.2) is 4.79 Å². The van der Waals surface area contributed by atoms with Crippen molar-refractivity contribution in [2.45, 2.75) is 108 Å². The molecule has 1 aliphatic heterocycles. The van der Waals surface area contributed by atoms with Gasteiger partial charge < -0.3 is 9.47 Å². The van der Waals surface area contributed by atoms with E-state index in [4.69, 9.17) is 9.47 Å². The predicted octanol–water partition coefficient (Wildman–Crippen LogP) is 8.80. The van der Waals surface area contributed by atoms with Crippen LogP contribution in [0, 0.1) is 0 Å². The fourth-order valence-electron chi connectivity index (χ4n) is 5.83. The van der Waals surface area contributed by atoms with Gasteiger partial charge in [-0.15, -0.1) is 11.8 Å². The van der Waals surface area contributed by atoms with Gasteiger partial charge in [-0.2, -0.15) is 13.9 Å². The van der Waals surface area contributed by atoms with Crippen LogP contribution in [0.4, 0.5) is 13.6 Å². The maximum atomic E-state index is 15.4. The van der Waals surface area contributed by atoms with Gasteiger partial charge in [0.25, 0.3) is 0 Å². The molecule has 0 N–H and O–H groups in total. The number of benzene rings is 2. The van der Waals surface area contributed by atoms with Crippen LogP contribution in [0.25, 0.3) is 0 Å². The second-order valence-corrected chi connectivity index (χ2v) is 13.6. The standard InChI is InChI=1S/C33H41F2N3O3S/c1-22(2)38-28-14-10-9-13-26(28)30(36-38)33(34,35)40-25-17-15-23(16-18-25)21-42-29-20-19-27(24-11-7-6-8-12-24)37(29)31(39)41-32(3,4)5/h6-8,11-12,15-18,22,27,29H,9-10,13-14,19-21H2,1-5H3. The molecule has 3 aromatic rings. The maximum Gasteiger partial charge on any atom is 0.446 e. The Labute approximate surface area is 251 Å². The molecule has 5 rings (SSSR count). The zero-order valence-electron chi connectivity index (χ0n) is 25.1. The first-order valence-corrected chi connectivity index (χ1v) is 15.9. The van der Waals surface area contributed by atoms with Crippen molar-refractivity contribution in [3.8, 4) is 5.75 Å². The number of likely N-dealkylation sites (tertiary alicyclic amines) is 1. The third-order valence-corrected chi connectivity index (χ3v) is 9.05. The number of hydrogen-bond acceptors (Lipinski definition) is 5. The van der Waals surface area contributed by atoms with E-state index in [0.717, 1.165) is 48.9 Å². The van der Waals surface area contributed by atoms with Crippen molar-refractivity contribution < 1.29 is 23.0 Å². The fraction of sp³-hybridized carbons (Fsp3) is 0.515. The number of alkyl halides is 2. The van der Waals surface area contributed by atoms with Gasteiger partial charge >= 0.3 is 12.2 Å². The molecule has 2 aliphatic rings. The lowest BCUT2D eigenvalue weighted by molar-refractivity contribution is -0.189. The molecule has 0 saturated carbocycles. The molecule has 0 spiro atoms. The highest BCUT2D eigenvalue weighted by Crippen LogP contribution is 2.43. The fourth-order valence-corrected chi connectivity index (χ4v) is 7.11. The molecule has 2 heterocycles. The SMILES string of the molecule is CC(C)n1nc(C(F)(F)Oc2ccc(CSC3CCC(c4ccccc4)N3C(=O)OC(C)(C)C)cc2)c2c1CCCC2. The van der Waals surface area contributed by atoms with Crippen LogP contribution in [0.1, 0.15) is 100 Å². The predicted molar refractivity (Wildman–Crippen MR) is 162 cm³/mol. The van der Waals surface area contributed by atoms with Crippen molar-refractivity contribution in [2.24, 2.45) is 0 Å². The smallest absolute Gasteiger partial charge is 0.444 e. The van der Waals surface area contributed by atoms with Crippen molar-refractivity contribution in [1.29, 1.82) is 0 Å². The molecule has 1 fully saturated rings. The molecule has 2 aromatic carbocycles. The highest BCUT2D eigenvalue weighted by molar-refractivity contribution is 7.99. The van der Waals surface area contributed by atoms with Crippen LogP contribution in [0.3, 0.4) is 0 Å². The maximum absolute atomic E-state index is 15.4. The van der Waals surface area contributed by atoms with E-state index < -0.39 is 11.7 Å².